The van der Waals surface area contributed by atoms with E-state index in [4.69, 9.17) is 20.4 Å². The van der Waals surface area contributed by atoms with E-state index in [0.29, 0.717) is 18.0 Å². The molecule has 2 rings (SSSR count). The van der Waals surface area contributed by atoms with Crippen LogP contribution in [0, 0.1) is 0 Å². The van der Waals surface area contributed by atoms with Crippen LogP contribution in [0.2, 0.25) is 0 Å². The zero-order chi connectivity index (χ0) is 25.4. The lowest BCUT2D eigenvalue weighted by Gasteiger charge is -2.31. The maximum absolute atomic E-state index is 15.0. The lowest BCUT2D eigenvalue weighted by Crippen LogP contribution is -2.47. The number of imidazole rings is 1. The Bertz CT molecular complexity index is 1220. The van der Waals surface area contributed by atoms with Gasteiger partial charge in [-0.25, -0.2) is 27.5 Å². The molecule has 8 N–H and O–H groups in total. The largest absolute Gasteiger partial charge is 0.490 e. The van der Waals surface area contributed by atoms with Gasteiger partial charge in [0.15, 0.2) is 17.3 Å². The second-order valence-electron chi connectivity index (χ2n) is 5.95. The lowest BCUT2D eigenvalue weighted by atomic mass is 10.1. The maximum atomic E-state index is 15.0. The van der Waals surface area contributed by atoms with Crippen molar-refractivity contribution in [1.29, 1.82) is 0 Å². The fourth-order valence-electron chi connectivity index (χ4n) is 2.22. The monoisotopic (exact) mass is 545 g/mol. The Kier molecular flexibility index (Phi) is 7.97. The molecule has 0 bridgehead atoms. The van der Waals surface area contributed by atoms with Crippen molar-refractivity contribution in [2.45, 2.75) is 18.3 Å². The number of rotatable bonds is 11. The second-order valence-corrected chi connectivity index (χ2v) is 10.4. The fraction of sp³-hybridized carbons (Fsp3) is 0.500. The van der Waals surface area contributed by atoms with Crippen molar-refractivity contribution in [1.82, 2.24) is 19.5 Å². The van der Waals surface area contributed by atoms with Crippen LogP contribution in [0.4, 0.5) is 14.7 Å². The SMILES string of the molecule is COC(F)(COP(=O)(O)OP(=O)(O)OP(=O)(O)O)[C@@H](O)[C@@H](F)n1cnc2c(=O)[nH]c(N)nc21. The summed E-state index contributed by atoms with van der Waals surface area (Å²) in [6, 6.07) is 0. The molecule has 0 aliphatic rings. The van der Waals surface area contributed by atoms with E-state index < -0.39 is 71.0 Å². The van der Waals surface area contributed by atoms with Crippen LogP contribution in [0.3, 0.4) is 0 Å². The van der Waals surface area contributed by atoms with E-state index in [-0.39, 0.29) is 0 Å². The number of anilines is 1. The quantitative estimate of drug-likeness (QED) is 0.170. The molecule has 0 aliphatic heterocycles. The number of aliphatic hydroxyl groups excluding tert-OH is 1. The van der Waals surface area contributed by atoms with Crippen molar-refractivity contribution < 1.29 is 65.0 Å². The number of aromatic nitrogens is 4. The zero-order valence-electron chi connectivity index (χ0n) is 16.0. The number of phosphoric acid groups is 3. The van der Waals surface area contributed by atoms with Gasteiger partial charge in [0.2, 0.25) is 12.2 Å². The van der Waals surface area contributed by atoms with E-state index in [1.54, 1.807) is 0 Å². The molecule has 0 aromatic carbocycles. The molecule has 5 atom stereocenters. The van der Waals surface area contributed by atoms with Crippen LogP contribution in [0.5, 0.6) is 0 Å². The Labute approximate surface area is 180 Å². The molecule has 3 unspecified atom stereocenters. The van der Waals surface area contributed by atoms with Crippen LogP contribution in [-0.2, 0) is 31.6 Å². The van der Waals surface area contributed by atoms with E-state index in [2.05, 4.69) is 32.8 Å². The van der Waals surface area contributed by atoms with Gasteiger partial charge >= 0.3 is 23.5 Å². The molecule has 0 saturated carbocycles. The van der Waals surface area contributed by atoms with Gasteiger partial charge in [-0.05, 0) is 0 Å². The fourth-order valence-corrected chi connectivity index (χ4v) is 5.25. The zero-order valence-corrected chi connectivity index (χ0v) is 18.6. The van der Waals surface area contributed by atoms with Crippen LogP contribution < -0.4 is 11.3 Å². The summed E-state index contributed by atoms with van der Waals surface area (Å²) < 4.78 is 79.0. The Balaban J connectivity index is 2.22. The predicted molar refractivity (Wildman–Crippen MR) is 99.4 cm³/mol. The maximum Gasteiger partial charge on any atom is 0.490 e. The number of aliphatic hydroxyl groups is 1. The Morgan fingerprint density at radius 2 is 1.85 bits per heavy atom. The lowest BCUT2D eigenvalue weighted by molar-refractivity contribution is -0.232. The van der Waals surface area contributed by atoms with Crippen molar-refractivity contribution in [2.75, 3.05) is 19.5 Å². The first-order chi connectivity index (χ1) is 14.9. The molecule has 0 aliphatic carbocycles. The Hall–Kier alpha value is -1.66. The molecule has 2 heterocycles. The highest BCUT2D eigenvalue weighted by Gasteiger charge is 2.49. The number of hydrogen-bond donors (Lipinski definition) is 7. The number of H-pyrrole nitrogens is 1. The van der Waals surface area contributed by atoms with E-state index >= 15 is 0 Å². The van der Waals surface area contributed by atoms with Gasteiger partial charge in [0.1, 0.15) is 6.61 Å². The predicted octanol–water partition coefficient (Wildman–Crippen LogP) is -0.814. The number of halogens is 2. The van der Waals surface area contributed by atoms with Crippen molar-refractivity contribution in [3.8, 4) is 0 Å². The molecule has 2 aromatic heterocycles. The number of methoxy groups -OCH3 is 1. The number of nitrogen functional groups attached to an aromatic ring is 1. The van der Waals surface area contributed by atoms with Gasteiger partial charge in [-0.1, -0.05) is 0 Å². The number of nitrogens with two attached hydrogens (primary N) is 1. The topological polar surface area (TPSA) is 279 Å². The number of phosphoric ester groups is 1. The minimum Gasteiger partial charge on any atom is -0.382 e. The van der Waals surface area contributed by atoms with Gasteiger partial charge in [-0.2, -0.15) is 13.6 Å². The third-order valence-corrected chi connectivity index (χ3v) is 7.38. The van der Waals surface area contributed by atoms with Gasteiger partial charge in [-0.15, -0.1) is 0 Å². The Morgan fingerprint density at radius 3 is 2.39 bits per heavy atom. The van der Waals surface area contributed by atoms with Crippen LogP contribution in [0.25, 0.3) is 11.2 Å². The third-order valence-electron chi connectivity index (χ3n) is 3.60. The highest BCUT2D eigenvalue weighted by molar-refractivity contribution is 7.66. The summed E-state index contributed by atoms with van der Waals surface area (Å²) in [7, 11) is -16.8. The molecule has 0 fully saturated rings. The summed E-state index contributed by atoms with van der Waals surface area (Å²) in [5.74, 6) is -4.13. The van der Waals surface area contributed by atoms with Crippen molar-refractivity contribution in [3.63, 3.8) is 0 Å². The van der Waals surface area contributed by atoms with E-state index in [1.165, 1.54) is 0 Å². The van der Waals surface area contributed by atoms with E-state index in [0.717, 1.165) is 0 Å². The minimum absolute atomic E-state index is 0.379. The summed E-state index contributed by atoms with van der Waals surface area (Å²) in [4.78, 5) is 56.3. The molecule has 0 radical (unpaired) electrons. The standard InChI is InChI=1S/C10H16F2N5O13P3/c1-27-10(12,2-28-32(23,24)30-33(25,26)29-31(20,21)22)5(18)6(11)17-3-14-4-7(17)15-9(13)16-8(4)19/h3,5-6,18H,2H2,1H3,(H,23,24)(H,25,26)(H2,20,21,22)(H3,13,15,16,19)/t5-,6-,10?/m0/s1. The van der Waals surface area contributed by atoms with E-state index in [1.807, 2.05) is 0 Å². The molecule has 0 saturated heterocycles. The number of aromatic amines is 1. The average molecular weight is 545 g/mol. The first-order valence-electron chi connectivity index (χ1n) is 7.96. The van der Waals surface area contributed by atoms with Gasteiger partial charge in [-0.3, -0.25) is 18.9 Å². The van der Waals surface area contributed by atoms with Gasteiger partial charge < -0.3 is 35.2 Å². The molecule has 33 heavy (non-hydrogen) atoms. The smallest absolute Gasteiger partial charge is 0.382 e. The number of alkyl halides is 2. The van der Waals surface area contributed by atoms with Crippen molar-refractivity contribution in [3.05, 3.63) is 16.7 Å². The molecular formula is C10H16F2N5O13P3. The molecule has 2 aromatic rings. The van der Waals surface area contributed by atoms with Gasteiger partial charge in [0, 0.05) is 7.11 Å². The Morgan fingerprint density at radius 1 is 1.24 bits per heavy atom. The summed E-state index contributed by atoms with van der Waals surface area (Å²) >= 11 is 0. The molecule has 23 heteroatoms. The normalized spacial score (nSPS) is 20.0. The van der Waals surface area contributed by atoms with Gasteiger partial charge in [0.25, 0.3) is 11.4 Å². The number of ether oxygens (including phenoxy) is 1. The average Bonchev–Trinajstić information content (AvgIpc) is 3.06. The third kappa shape index (κ3) is 6.92. The highest BCUT2D eigenvalue weighted by Crippen LogP contribution is 2.66. The number of nitrogens with one attached hydrogen (secondary N) is 1. The molecular weight excluding hydrogens is 529 g/mol. The van der Waals surface area contributed by atoms with Crippen molar-refractivity contribution >= 4 is 40.6 Å². The van der Waals surface area contributed by atoms with Crippen LogP contribution in [0.1, 0.15) is 6.30 Å². The summed E-state index contributed by atoms with van der Waals surface area (Å²) in [6.07, 6.45) is -5.05. The number of nitrogens with zero attached hydrogens (tertiary/aromatic N) is 3. The second kappa shape index (κ2) is 9.53. The van der Waals surface area contributed by atoms with Crippen molar-refractivity contribution in [2.24, 2.45) is 0 Å². The number of hydrogen-bond acceptors (Lipinski definition) is 12. The molecule has 0 spiro atoms. The first-order valence-corrected chi connectivity index (χ1v) is 12.5. The number of fused-ring (bicyclic) bond motifs is 1. The summed E-state index contributed by atoms with van der Waals surface area (Å²) in [5.41, 5.74) is 3.50. The van der Waals surface area contributed by atoms with E-state index in [9.17, 15) is 37.3 Å². The molecule has 188 valence electrons. The highest BCUT2D eigenvalue weighted by atomic mass is 31.3. The van der Waals surface area contributed by atoms with Gasteiger partial charge in [0.05, 0.1) is 6.33 Å². The van der Waals surface area contributed by atoms with Crippen LogP contribution >= 0.6 is 23.5 Å². The molecule has 0 amide bonds. The molecule has 18 nitrogen and oxygen atoms in total. The van der Waals surface area contributed by atoms with Crippen LogP contribution in [-0.4, -0.2) is 69.9 Å². The minimum atomic E-state index is -5.91. The summed E-state index contributed by atoms with van der Waals surface area (Å²) in [5, 5.41) is 10.1. The first kappa shape index (κ1) is 27.6. The van der Waals surface area contributed by atoms with Crippen LogP contribution in [0.15, 0.2) is 11.1 Å². The summed E-state index contributed by atoms with van der Waals surface area (Å²) in [6.45, 7) is -1.84.